The Morgan fingerprint density at radius 2 is 2.00 bits per heavy atom. The standard InChI is InChI=1S/C18H32N4O.HI/c1-13-6-5-7-16(12-13)8-10-20-18(19-4)21-11-9-17-14(2)22-23-15(17)3;/h13,16H,5-12H2,1-4H3,(H2,19,20,21);1H. The highest BCUT2D eigenvalue weighted by atomic mass is 127. The summed E-state index contributed by atoms with van der Waals surface area (Å²) in [5, 5.41) is 10.8. The molecule has 2 atom stereocenters. The SMILES string of the molecule is CN=C(NCCc1c(C)noc1C)NCCC1CCCC(C)C1.I. The van der Waals surface area contributed by atoms with Gasteiger partial charge in [-0.05, 0) is 44.9 Å². The van der Waals surface area contributed by atoms with Crippen LogP contribution >= 0.6 is 24.0 Å². The summed E-state index contributed by atoms with van der Waals surface area (Å²) in [5.41, 5.74) is 2.18. The van der Waals surface area contributed by atoms with Crippen LogP contribution in [0.2, 0.25) is 0 Å². The van der Waals surface area contributed by atoms with Crippen molar-refractivity contribution >= 4 is 29.9 Å². The number of aliphatic imine (C=N–C) groups is 1. The number of guanidine groups is 1. The smallest absolute Gasteiger partial charge is 0.190 e. The van der Waals surface area contributed by atoms with Crippen LogP contribution in [-0.4, -0.2) is 31.3 Å². The maximum atomic E-state index is 5.20. The van der Waals surface area contributed by atoms with Crippen LogP contribution in [0.5, 0.6) is 0 Å². The van der Waals surface area contributed by atoms with Crippen molar-refractivity contribution in [1.29, 1.82) is 0 Å². The molecule has 6 heteroatoms. The molecular formula is C18H33IN4O. The molecule has 5 nitrogen and oxygen atoms in total. The van der Waals surface area contributed by atoms with Gasteiger partial charge in [-0.1, -0.05) is 31.3 Å². The Kier molecular flexibility index (Phi) is 9.69. The molecule has 2 unspecified atom stereocenters. The molecule has 1 aliphatic carbocycles. The number of aryl methyl sites for hydroxylation is 2. The first-order valence-electron chi connectivity index (χ1n) is 8.96. The molecule has 0 bridgehead atoms. The molecule has 1 fully saturated rings. The van der Waals surface area contributed by atoms with Crippen LogP contribution in [0.1, 0.15) is 56.0 Å². The Morgan fingerprint density at radius 3 is 2.62 bits per heavy atom. The van der Waals surface area contributed by atoms with E-state index in [0.717, 1.165) is 48.8 Å². The number of hydrogen-bond donors (Lipinski definition) is 2. The molecule has 1 aliphatic rings. The molecule has 1 saturated carbocycles. The second-order valence-corrected chi connectivity index (χ2v) is 6.90. The normalized spacial score (nSPS) is 21.2. The Morgan fingerprint density at radius 1 is 1.25 bits per heavy atom. The summed E-state index contributed by atoms with van der Waals surface area (Å²) in [6.45, 7) is 8.18. The summed E-state index contributed by atoms with van der Waals surface area (Å²) in [4.78, 5) is 4.30. The minimum Gasteiger partial charge on any atom is -0.361 e. The molecule has 0 aliphatic heterocycles. The third-order valence-corrected chi connectivity index (χ3v) is 4.96. The lowest BCUT2D eigenvalue weighted by atomic mass is 9.81. The first kappa shape index (κ1) is 21.3. The van der Waals surface area contributed by atoms with E-state index in [1.54, 1.807) is 0 Å². The molecule has 2 rings (SSSR count). The van der Waals surface area contributed by atoms with Gasteiger partial charge in [0, 0.05) is 25.7 Å². The Bertz CT molecular complexity index is 496. The maximum Gasteiger partial charge on any atom is 0.190 e. The molecule has 0 spiro atoms. The molecule has 24 heavy (non-hydrogen) atoms. The van der Waals surface area contributed by atoms with Crippen molar-refractivity contribution in [2.45, 2.75) is 59.3 Å². The van der Waals surface area contributed by atoms with Gasteiger partial charge in [0.25, 0.3) is 0 Å². The van der Waals surface area contributed by atoms with E-state index in [-0.39, 0.29) is 24.0 Å². The van der Waals surface area contributed by atoms with E-state index in [9.17, 15) is 0 Å². The quantitative estimate of drug-likeness (QED) is 0.395. The summed E-state index contributed by atoms with van der Waals surface area (Å²) in [7, 11) is 1.83. The fourth-order valence-electron chi connectivity index (χ4n) is 3.60. The van der Waals surface area contributed by atoms with Crippen LogP contribution in [-0.2, 0) is 6.42 Å². The van der Waals surface area contributed by atoms with Gasteiger partial charge in [0.2, 0.25) is 0 Å². The molecular weight excluding hydrogens is 415 g/mol. The molecule has 0 radical (unpaired) electrons. The highest BCUT2D eigenvalue weighted by molar-refractivity contribution is 14.0. The van der Waals surface area contributed by atoms with Gasteiger partial charge in [0.05, 0.1) is 5.69 Å². The highest BCUT2D eigenvalue weighted by Crippen LogP contribution is 2.30. The highest BCUT2D eigenvalue weighted by Gasteiger charge is 2.18. The zero-order valence-corrected chi connectivity index (χ0v) is 17.9. The second kappa shape index (κ2) is 10.9. The summed E-state index contributed by atoms with van der Waals surface area (Å²) in [6, 6.07) is 0. The largest absolute Gasteiger partial charge is 0.361 e. The van der Waals surface area contributed by atoms with Crippen molar-refractivity contribution in [3.63, 3.8) is 0 Å². The van der Waals surface area contributed by atoms with Gasteiger partial charge in [-0.2, -0.15) is 0 Å². The lowest BCUT2D eigenvalue weighted by molar-refractivity contribution is 0.270. The van der Waals surface area contributed by atoms with Gasteiger partial charge in [-0.25, -0.2) is 0 Å². The Labute approximate surface area is 163 Å². The van der Waals surface area contributed by atoms with Gasteiger partial charge in [-0.3, -0.25) is 4.99 Å². The third-order valence-electron chi connectivity index (χ3n) is 4.96. The minimum atomic E-state index is 0. The number of aromatic nitrogens is 1. The van der Waals surface area contributed by atoms with E-state index in [4.69, 9.17) is 4.52 Å². The van der Waals surface area contributed by atoms with E-state index < -0.39 is 0 Å². The van der Waals surface area contributed by atoms with Crippen molar-refractivity contribution in [3.05, 3.63) is 17.0 Å². The maximum absolute atomic E-state index is 5.20. The van der Waals surface area contributed by atoms with Crippen LogP contribution < -0.4 is 10.6 Å². The van der Waals surface area contributed by atoms with Gasteiger partial charge < -0.3 is 15.2 Å². The Balaban J connectivity index is 0.00000288. The minimum absolute atomic E-state index is 0. The molecule has 0 aromatic carbocycles. The summed E-state index contributed by atoms with van der Waals surface area (Å²) in [6.07, 6.45) is 7.74. The van der Waals surface area contributed by atoms with Gasteiger partial charge in [0.1, 0.15) is 5.76 Å². The molecule has 2 N–H and O–H groups in total. The van der Waals surface area contributed by atoms with Crippen molar-refractivity contribution in [2.75, 3.05) is 20.1 Å². The molecule has 0 saturated heterocycles. The lowest BCUT2D eigenvalue weighted by Gasteiger charge is -2.26. The monoisotopic (exact) mass is 448 g/mol. The van der Waals surface area contributed by atoms with E-state index >= 15 is 0 Å². The third kappa shape index (κ3) is 6.61. The molecule has 1 aromatic rings. The number of nitrogens with zero attached hydrogens (tertiary/aromatic N) is 2. The number of rotatable bonds is 6. The average molecular weight is 448 g/mol. The summed E-state index contributed by atoms with van der Waals surface area (Å²) >= 11 is 0. The van der Waals surface area contributed by atoms with Gasteiger partial charge >= 0.3 is 0 Å². The molecule has 1 aromatic heterocycles. The van der Waals surface area contributed by atoms with E-state index in [2.05, 4.69) is 27.7 Å². The van der Waals surface area contributed by atoms with E-state index in [0.29, 0.717) is 0 Å². The number of hydrogen-bond acceptors (Lipinski definition) is 3. The summed E-state index contributed by atoms with van der Waals surface area (Å²) in [5.74, 6) is 3.59. The first-order valence-corrected chi connectivity index (χ1v) is 8.96. The number of nitrogens with one attached hydrogen (secondary N) is 2. The zero-order chi connectivity index (χ0) is 16.7. The molecule has 138 valence electrons. The average Bonchev–Trinajstić information content (AvgIpc) is 2.85. The van der Waals surface area contributed by atoms with Crippen molar-refractivity contribution in [3.8, 4) is 0 Å². The zero-order valence-electron chi connectivity index (χ0n) is 15.5. The van der Waals surface area contributed by atoms with Gasteiger partial charge in [0.15, 0.2) is 5.96 Å². The van der Waals surface area contributed by atoms with Crippen molar-refractivity contribution < 1.29 is 4.52 Å². The Hall–Kier alpha value is -0.790. The van der Waals surface area contributed by atoms with Crippen LogP contribution in [0.25, 0.3) is 0 Å². The summed E-state index contributed by atoms with van der Waals surface area (Å²) < 4.78 is 5.20. The van der Waals surface area contributed by atoms with E-state index in [1.165, 1.54) is 37.7 Å². The molecule has 0 amide bonds. The van der Waals surface area contributed by atoms with Gasteiger partial charge in [-0.15, -0.1) is 24.0 Å². The van der Waals surface area contributed by atoms with Crippen molar-refractivity contribution in [2.24, 2.45) is 16.8 Å². The van der Waals surface area contributed by atoms with E-state index in [1.807, 2.05) is 20.9 Å². The molecule has 1 heterocycles. The fourth-order valence-corrected chi connectivity index (χ4v) is 3.60. The topological polar surface area (TPSA) is 62.5 Å². The lowest BCUT2D eigenvalue weighted by Crippen LogP contribution is -2.39. The second-order valence-electron chi connectivity index (χ2n) is 6.90. The first-order chi connectivity index (χ1) is 11.1. The predicted octanol–water partition coefficient (Wildman–Crippen LogP) is 3.83. The fraction of sp³-hybridized carbons (Fsp3) is 0.778. The van der Waals surface area contributed by atoms with Crippen LogP contribution in [0, 0.1) is 25.7 Å². The van der Waals surface area contributed by atoms with Crippen LogP contribution in [0.15, 0.2) is 9.52 Å². The predicted molar refractivity (Wildman–Crippen MR) is 110 cm³/mol. The van der Waals surface area contributed by atoms with Crippen LogP contribution in [0.4, 0.5) is 0 Å². The van der Waals surface area contributed by atoms with Crippen molar-refractivity contribution in [1.82, 2.24) is 15.8 Å². The number of halogens is 1. The van der Waals surface area contributed by atoms with Crippen LogP contribution in [0.3, 0.4) is 0 Å².